The molecular weight excluding hydrogens is 386 g/mol. The number of nitrogens with zero attached hydrogens (tertiary/aromatic N) is 3. The van der Waals surface area contributed by atoms with Crippen LogP contribution in [-0.4, -0.2) is 20.9 Å². The van der Waals surface area contributed by atoms with Gasteiger partial charge in [0.1, 0.15) is 17.2 Å². The zero-order chi connectivity index (χ0) is 21.1. The van der Waals surface area contributed by atoms with E-state index in [1.807, 2.05) is 0 Å². The Hall–Kier alpha value is -4.18. The molecule has 0 radical (unpaired) electrons. The molecule has 2 aromatic carbocycles. The summed E-state index contributed by atoms with van der Waals surface area (Å²) in [6.07, 6.45) is 6.55. The third kappa shape index (κ3) is 3.98. The minimum atomic E-state index is -0.379. The number of hydrogen-bond donors (Lipinski definition) is 1. The summed E-state index contributed by atoms with van der Waals surface area (Å²) in [5.74, 6) is 1.18. The third-order valence-corrected chi connectivity index (χ3v) is 4.30. The molecule has 2 heterocycles. The highest BCUT2D eigenvalue weighted by atomic mass is 19.1. The first-order chi connectivity index (χ1) is 14.5. The zero-order valence-electron chi connectivity index (χ0n) is 15.6. The highest BCUT2D eigenvalue weighted by Crippen LogP contribution is 2.31. The Kier molecular flexibility index (Phi) is 5.14. The highest BCUT2D eigenvalue weighted by molar-refractivity contribution is 5.94. The van der Waals surface area contributed by atoms with Crippen molar-refractivity contribution in [3.8, 4) is 34.9 Å². The molecule has 5 nitrogen and oxygen atoms in total. The van der Waals surface area contributed by atoms with Gasteiger partial charge in [-0.05, 0) is 54.6 Å². The Morgan fingerprint density at radius 2 is 1.50 bits per heavy atom. The van der Waals surface area contributed by atoms with Crippen LogP contribution in [0.3, 0.4) is 0 Å². The molecule has 0 spiro atoms. The van der Waals surface area contributed by atoms with E-state index in [-0.39, 0.29) is 24.0 Å². The lowest BCUT2D eigenvalue weighted by Crippen LogP contribution is -2.10. The quantitative estimate of drug-likeness (QED) is 0.509. The van der Waals surface area contributed by atoms with Gasteiger partial charge in [-0.25, -0.2) is 23.7 Å². The Morgan fingerprint density at radius 3 is 2.07 bits per heavy atom. The summed E-state index contributed by atoms with van der Waals surface area (Å²) in [5, 5.41) is 2.65. The van der Waals surface area contributed by atoms with E-state index in [1.54, 1.807) is 30.3 Å². The number of halogens is 2. The SMILES string of the molecule is C#CCC(=O)Nc1cnc2nc(-c3ccc(F)cc3)c(-c3ccc(F)cc3)nc2c1. The van der Waals surface area contributed by atoms with Crippen LogP contribution in [0.1, 0.15) is 6.42 Å². The number of terminal acetylenes is 1. The standard InChI is InChI=1S/C23H14F2N4O/c1-2-3-20(30)27-18-12-19-23(26-13-18)29-22(15-6-10-17(25)11-7-15)21(28-19)14-4-8-16(24)9-5-14/h1,4-13H,3H2,(H,27,30). The number of benzene rings is 2. The molecule has 0 saturated carbocycles. The van der Waals surface area contributed by atoms with Crippen molar-refractivity contribution in [1.82, 2.24) is 15.0 Å². The molecule has 7 heteroatoms. The number of fused-ring (bicyclic) bond motifs is 1. The predicted molar refractivity (Wildman–Crippen MR) is 110 cm³/mol. The molecule has 2 aromatic heterocycles. The van der Waals surface area contributed by atoms with Crippen LogP contribution in [0.25, 0.3) is 33.7 Å². The molecule has 0 aliphatic carbocycles. The van der Waals surface area contributed by atoms with Crippen molar-refractivity contribution in [2.75, 3.05) is 5.32 Å². The molecule has 0 bridgehead atoms. The number of aromatic nitrogens is 3. The summed E-state index contributed by atoms with van der Waals surface area (Å²) in [6, 6.07) is 13.3. The Balaban J connectivity index is 1.87. The molecule has 0 aliphatic heterocycles. The summed E-state index contributed by atoms with van der Waals surface area (Å²) in [6.45, 7) is 0. The molecule has 4 aromatic rings. The Morgan fingerprint density at radius 1 is 0.933 bits per heavy atom. The van der Waals surface area contributed by atoms with Gasteiger partial charge in [0.25, 0.3) is 0 Å². The van der Waals surface area contributed by atoms with Crippen molar-refractivity contribution in [2.45, 2.75) is 6.42 Å². The van der Waals surface area contributed by atoms with E-state index in [4.69, 9.17) is 6.42 Å². The average Bonchev–Trinajstić information content (AvgIpc) is 2.74. The first kappa shape index (κ1) is 19.2. The molecule has 0 unspecified atom stereocenters. The van der Waals surface area contributed by atoms with Crippen LogP contribution in [0.4, 0.5) is 14.5 Å². The summed E-state index contributed by atoms with van der Waals surface area (Å²) in [4.78, 5) is 25.3. The normalized spacial score (nSPS) is 10.6. The highest BCUT2D eigenvalue weighted by Gasteiger charge is 2.15. The van der Waals surface area contributed by atoms with Gasteiger partial charge in [0.15, 0.2) is 5.65 Å². The topological polar surface area (TPSA) is 67.8 Å². The van der Waals surface area contributed by atoms with Crippen LogP contribution in [0.2, 0.25) is 0 Å². The molecule has 0 aliphatic rings. The van der Waals surface area contributed by atoms with E-state index in [0.717, 1.165) is 0 Å². The number of nitrogens with one attached hydrogen (secondary N) is 1. The molecular formula is C23H14F2N4O. The molecule has 146 valence electrons. The summed E-state index contributed by atoms with van der Waals surface area (Å²) >= 11 is 0. The predicted octanol–water partition coefficient (Wildman–Crippen LogP) is 4.60. The molecule has 0 saturated heterocycles. The third-order valence-electron chi connectivity index (χ3n) is 4.30. The van der Waals surface area contributed by atoms with E-state index < -0.39 is 0 Å². The van der Waals surface area contributed by atoms with Gasteiger partial charge in [0.05, 0.1) is 29.7 Å². The first-order valence-electron chi connectivity index (χ1n) is 8.96. The van der Waals surface area contributed by atoms with Gasteiger partial charge in [-0.3, -0.25) is 4.79 Å². The summed E-state index contributed by atoms with van der Waals surface area (Å²) < 4.78 is 26.8. The van der Waals surface area contributed by atoms with Gasteiger partial charge in [-0.1, -0.05) is 5.92 Å². The number of amides is 1. The van der Waals surface area contributed by atoms with Gasteiger partial charge < -0.3 is 5.32 Å². The number of carbonyl (C=O) groups excluding carboxylic acids is 1. The lowest BCUT2D eigenvalue weighted by atomic mass is 10.0. The number of carbonyl (C=O) groups is 1. The summed E-state index contributed by atoms with van der Waals surface area (Å²) in [7, 11) is 0. The van der Waals surface area contributed by atoms with Crippen LogP contribution < -0.4 is 5.32 Å². The minimum absolute atomic E-state index is 0.0615. The number of anilines is 1. The van der Waals surface area contributed by atoms with Gasteiger partial charge in [-0.2, -0.15) is 0 Å². The van der Waals surface area contributed by atoms with Crippen LogP contribution in [0, 0.1) is 24.0 Å². The van der Waals surface area contributed by atoms with Crippen molar-refractivity contribution in [1.29, 1.82) is 0 Å². The maximum Gasteiger partial charge on any atom is 0.236 e. The first-order valence-corrected chi connectivity index (χ1v) is 8.96. The van der Waals surface area contributed by atoms with Gasteiger partial charge >= 0.3 is 0 Å². The van der Waals surface area contributed by atoms with Crippen LogP contribution >= 0.6 is 0 Å². The summed E-state index contributed by atoms with van der Waals surface area (Å²) in [5.41, 5.74) is 3.42. The van der Waals surface area contributed by atoms with E-state index in [0.29, 0.717) is 39.4 Å². The number of hydrogen-bond acceptors (Lipinski definition) is 4. The molecule has 1 N–H and O–H groups in total. The second kappa shape index (κ2) is 8.05. The van der Waals surface area contributed by atoms with Crippen molar-refractivity contribution >= 4 is 22.8 Å². The van der Waals surface area contributed by atoms with Crippen LogP contribution in [0.15, 0.2) is 60.8 Å². The Labute approximate surface area is 170 Å². The van der Waals surface area contributed by atoms with Crippen molar-refractivity contribution in [2.24, 2.45) is 0 Å². The monoisotopic (exact) mass is 400 g/mol. The van der Waals surface area contributed by atoms with Crippen molar-refractivity contribution in [3.05, 3.63) is 72.4 Å². The van der Waals surface area contributed by atoms with Crippen LogP contribution in [0.5, 0.6) is 0 Å². The van der Waals surface area contributed by atoms with E-state index >= 15 is 0 Å². The minimum Gasteiger partial charge on any atom is -0.324 e. The fourth-order valence-electron chi connectivity index (χ4n) is 2.93. The molecule has 0 fully saturated rings. The van der Waals surface area contributed by atoms with Gasteiger partial charge in [-0.15, -0.1) is 6.42 Å². The van der Waals surface area contributed by atoms with Crippen molar-refractivity contribution < 1.29 is 13.6 Å². The zero-order valence-corrected chi connectivity index (χ0v) is 15.6. The van der Waals surface area contributed by atoms with E-state index in [9.17, 15) is 13.6 Å². The molecule has 4 rings (SSSR count). The average molecular weight is 400 g/mol. The van der Waals surface area contributed by atoms with Gasteiger partial charge in [0, 0.05) is 11.1 Å². The maximum atomic E-state index is 13.4. The lowest BCUT2D eigenvalue weighted by Gasteiger charge is -2.11. The fraction of sp³-hybridized carbons (Fsp3) is 0.0435. The molecule has 30 heavy (non-hydrogen) atoms. The fourth-order valence-corrected chi connectivity index (χ4v) is 2.93. The smallest absolute Gasteiger partial charge is 0.236 e. The lowest BCUT2D eigenvalue weighted by molar-refractivity contribution is -0.115. The second-order valence-electron chi connectivity index (χ2n) is 6.43. The number of pyridine rings is 1. The Bertz CT molecular complexity index is 1280. The van der Waals surface area contributed by atoms with E-state index in [2.05, 4.69) is 26.2 Å². The molecule has 1 amide bonds. The van der Waals surface area contributed by atoms with Crippen molar-refractivity contribution in [3.63, 3.8) is 0 Å². The van der Waals surface area contributed by atoms with E-state index in [1.165, 1.54) is 30.5 Å². The largest absolute Gasteiger partial charge is 0.324 e. The maximum absolute atomic E-state index is 13.4. The second-order valence-corrected chi connectivity index (χ2v) is 6.43. The van der Waals surface area contributed by atoms with Crippen LogP contribution in [-0.2, 0) is 4.79 Å². The van der Waals surface area contributed by atoms with Gasteiger partial charge in [0.2, 0.25) is 5.91 Å². The molecule has 0 atom stereocenters. The number of rotatable bonds is 4.